The van der Waals surface area contributed by atoms with Crippen molar-refractivity contribution in [2.24, 2.45) is 0 Å². The van der Waals surface area contributed by atoms with E-state index in [1.807, 2.05) is 18.2 Å². The van der Waals surface area contributed by atoms with Crippen LogP contribution in [0.5, 0.6) is 0 Å². The van der Waals surface area contributed by atoms with Crippen LogP contribution in [0.2, 0.25) is 0 Å². The van der Waals surface area contributed by atoms with E-state index in [4.69, 9.17) is 4.74 Å². The van der Waals surface area contributed by atoms with Crippen molar-refractivity contribution in [2.45, 2.75) is 31.2 Å². The highest BCUT2D eigenvalue weighted by Gasteiger charge is 2.54. The monoisotopic (exact) mass is 425 g/mol. The average Bonchev–Trinajstić information content (AvgIpc) is 3.15. The number of carbonyl (C=O) groups is 2. The van der Waals surface area contributed by atoms with Gasteiger partial charge < -0.3 is 9.84 Å². The molecule has 9 heteroatoms. The van der Waals surface area contributed by atoms with Gasteiger partial charge >= 0.3 is 5.97 Å². The van der Waals surface area contributed by atoms with Crippen LogP contribution in [0.1, 0.15) is 28.8 Å². The normalized spacial score (nSPS) is 20.6. The van der Waals surface area contributed by atoms with E-state index in [0.717, 1.165) is 6.54 Å². The molecule has 0 bridgehead atoms. The third kappa shape index (κ3) is 4.14. The molecule has 2 aliphatic heterocycles. The van der Waals surface area contributed by atoms with Gasteiger partial charge in [-0.15, -0.1) is 0 Å². The lowest BCUT2D eigenvalue weighted by atomic mass is 9.96. The minimum Gasteiger partial charge on any atom is -0.480 e. The van der Waals surface area contributed by atoms with Crippen LogP contribution in [-0.2, 0) is 16.1 Å². The molecular weight excluding hydrogens is 402 g/mol. The Labute approximate surface area is 179 Å². The van der Waals surface area contributed by atoms with E-state index in [1.165, 1.54) is 34.7 Å². The Bertz CT molecular complexity index is 971. The van der Waals surface area contributed by atoms with Gasteiger partial charge in [-0.3, -0.25) is 24.7 Å². The van der Waals surface area contributed by atoms with Crippen LogP contribution in [0.4, 0.5) is 5.69 Å². The molecule has 162 valence electrons. The highest BCUT2D eigenvalue weighted by molar-refractivity contribution is 5.97. The van der Waals surface area contributed by atoms with Gasteiger partial charge in [0.25, 0.3) is 11.6 Å². The largest absolute Gasteiger partial charge is 0.480 e. The molecule has 1 atom stereocenters. The first-order valence-corrected chi connectivity index (χ1v) is 10.1. The molecule has 0 aliphatic carbocycles. The lowest BCUT2D eigenvalue weighted by Gasteiger charge is -2.44. The Morgan fingerprint density at radius 2 is 1.74 bits per heavy atom. The maximum atomic E-state index is 13.3. The number of carboxylic acids is 1. The van der Waals surface area contributed by atoms with Crippen molar-refractivity contribution in [3.8, 4) is 0 Å². The zero-order valence-corrected chi connectivity index (χ0v) is 16.8. The molecule has 0 aromatic heterocycles. The molecule has 1 N–H and O–H groups in total. The molecule has 2 fully saturated rings. The summed E-state index contributed by atoms with van der Waals surface area (Å²) in [5.41, 5.74) is 0.268. The number of non-ortho nitro benzene ring substituents is 1. The summed E-state index contributed by atoms with van der Waals surface area (Å²) in [4.78, 5) is 39.1. The van der Waals surface area contributed by atoms with E-state index in [0.29, 0.717) is 25.9 Å². The molecular formula is C22H23N3O6. The average molecular weight is 425 g/mol. The number of rotatable bonds is 5. The van der Waals surface area contributed by atoms with Gasteiger partial charge in [0.1, 0.15) is 5.72 Å². The van der Waals surface area contributed by atoms with Crippen LogP contribution < -0.4 is 0 Å². The second kappa shape index (κ2) is 8.44. The molecule has 2 aliphatic rings. The predicted molar refractivity (Wildman–Crippen MR) is 110 cm³/mol. The van der Waals surface area contributed by atoms with Crippen LogP contribution >= 0.6 is 0 Å². The van der Waals surface area contributed by atoms with Crippen LogP contribution in [0, 0.1) is 10.1 Å². The number of hydrogen-bond donors (Lipinski definition) is 1. The second-order valence-corrected chi connectivity index (χ2v) is 7.85. The van der Waals surface area contributed by atoms with Crippen molar-refractivity contribution >= 4 is 17.6 Å². The number of ether oxygens (including phenoxy) is 1. The molecule has 2 heterocycles. The minimum atomic E-state index is -1.13. The predicted octanol–water partition coefficient (Wildman–Crippen LogP) is 2.51. The van der Waals surface area contributed by atoms with Crippen LogP contribution in [-0.4, -0.2) is 63.2 Å². The fraction of sp³-hybridized carbons (Fsp3) is 0.364. The van der Waals surface area contributed by atoms with E-state index < -0.39 is 28.6 Å². The summed E-state index contributed by atoms with van der Waals surface area (Å²) in [5.74, 6) is -1.62. The Hall–Kier alpha value is -3.30. The van der Waals surface area contributed by atoms with Crippen molar-refractivity contribution in [1.82, 2.24) is 9.80 Å². The van der Waals surface area contributed by atoms with Crippen LogP contribution in [0.3, 0.4) is 0 Å². The summed E-state index contributed by atoms with van der Waals surface area (Å²) in [6.45, 7) is 2.01. The summed E-state index contributed by atoms with van der Waals surface area (Å²) in [6.07, 6.45) is 0.977. The zero-order valence-electron chi connectivity index (χ0n) is 16.8. The quantitative estimate of drug-likeness (QED) is 0.578. The molecule has 1 amide bonds. The number of nitrogens with zero attached hydrogens (tertiary/aromatic N) is 3. The smallest absolute Gasteiger partial charge is 0.328 e. The van der Waals surface area contributed by atoms with Gasteiger partial charge in [-0.1, -0.05) is 30.3 Å². The lowest BCUT2D eigenvalue weighted by Crippen LogP contribution is -2.58. The van der Waals surface area contributed by atoms with Gasteiger partial charge in [0.05, 0.1) is 11.5 Å². The van der Waals surface area contributed by atoms with Gasteiger partial charge in [0.2, 0.25) is 0 Å². The van der Waals surface area contributed by atoms with Crippen molar-refractivity contribution < 1.29 is 24.4 Å². The molecule has 0 saturated carbocycles. The molecule has 31 heavy (non-hydrogen) atoms. The van der Waals surface area contributed by atoms with Gasteiger partial charge in [0, 0.05) is 50.2 Å². The van der Waals surface area contributed by atoms with Crippen LogP contribution in [0.15, 0.2) is 54.6 Å². The van der Waals surface area contributed by atoms with E-state index in [9.17, 15) is 24.8 Å². The summed E-state index contributed by atoms with van der Waals surface area (Å²) in [5, 5.41) is 20.6. The van der Waals surface area contributed by atoms with E-state index in [2.05, 4.69) is 17.0 Å². The maximum absolute atomic E-state index is 13.3. The fourth-order valence-electron chi connectivity index (χ4n) is 4.32. The topological polar surface area (TPSA) is 113 Å². The highest BCUT2D eigenvalue weighted by atomic mass is 16.6. The Morgan fingerprint density at radius 3 is 2.32 bits per heavy atom. The molecule has 1 unspecified atom stereocenters. The highest BCUT2D eigenvalue weighted by Crippen LogP contribution is 2.38. The minimum absolute atomic E-state index is 0.0766. The van der Waals surface area contributed by atoms with Crippen molar-refractivity contribution in [2.75, 3.05) is 19.7 Å². The van der Waals surface area contributed by atoms with E-state index in [-0.39, 0.29) is 17.9 Å². The van der Waals surface area contributed by atoms with Gasteiger partial charge in [-0.05, 0) is 17.7 Å². The Morgan fingerprint density at radius 1 is 1.10 bits per heavy atom. The van der Waals surface area contributed by atoms with Gasteiger partial charge in [-0.2, -0.15) is 0 Å². The number of aliphatic carboxylic acids is 1. The summed E-state index contributed by atoms with van der Waals surface area (Å²) in [7, 11) is 0. The number of hydrogen-bond acceptors (Lipinski definition) is 6. The summed E-state index contributed by atoms with van der Waals surface area (Å²) < 4.78 is 5.96. The first-order valence-electron chi connectivity index (χ1n) is 10.1. The number of likely N-dealkylation sites (tertiary alicyclic amines) is 1. The number of carboxylic acid groups (broad SMARTS) is 1. The van der Waals surface area contributed by atoms with Crippen molar-refractivity contribution in [3.05, 3.63) is 75.8 Å². The van der Waals surface area contributed by atoms with E-state index >= 15 is 0 Å². The SMILES string of the molecule is O=C(O)C1COC2(CCN(Cc3ccccc3)CC2)N1C(=O)c1ccc([N+](=O)[O-])cc1. The number of piperidine rings is 1. The molecule has 0 radical (unpaired) electrons. The Kier molecular flexibility index (Phi) is 5.71. The first kappa shape index (κ1) is 21.0. The molecule has 2 aromatic carbocycles. The first-order chi connectivity index (χ1) is 14.9. The number of carbonyl (C=O) groups excluding carboxylic acids is 1. The lowest BCUT2D eigenvalue weighted by molar-refractivity contribution is -0.384. The van der Waals surface area contributed by atoms with Gasteiger partial charge in [0.15, 0.2) is 6.04 Å². The van der Waals surface area contributed by atoms with Gasteiger partial charge in [-0.25, -0.2) is 4.79 Å². The summed E-state index contributed by atoms with van der Waals surface area (Å²) >= 11 is 0. The zero-order chi connectivity index (χ0) is 22.0. The van der Waals surface area contributed by atoms with E-state index in [1.54, 1.807) is 0 Å². The number of amides is 1. The molecule has 9 nitrogen and oxygen atoms in total. The third-order valence-electron chi connectivity index (χ3n) is 5.98. The molecule has 2 saturated heterocycles. The van der Waals surface area contributed by atoms with Crippen molar-refractivity contribution in [1.29, 1.82) is 0 Å². The molecule has 4 rings (SSSR count). The van der Waals surface area contributed by atoms with Crippen LogP contribution in [0.25, 0.3) is 0 Å². The molecule has 1 spiro atoms. The van der Waals surface area contributed by atoms with Crippen molar-refractivity contribution in [3.63, 3.8) is 0 Å². The standard InChI is InChI=1S/C22H23N3O6/c26-20(17-6-8-18(9-7-17)25(29)30)24-19(21(27)28)15-31-22(24)10-12-23(13-11-22)14-16-4-2-1-3-5-16/h1-9,19H,10-15H2,(H,27,28). The third-order valence-corrected chi connectivity index (χ3v) is 5.98. The molecule has 2 aromatic rings. The second-order valence-electron chi connectivity index (χ2n) is 7.85. The number of nitro groups is 1. The summed E-state index contributed by atoms with van der Waals surface area (Å²) in [6, 6.07) is 14.2. The fourth-order valence-corrected chi connectivity index (χ4v) is 4.32. The maximum Gasteiger partial charge on any atom is 0.328 e. The number of benzene rings is 2. The number of nitro benzene ring substituents is 1. The Balaban J connectivity index is 1.53.